The number of carboxylic acids is 2. The first-order valence-electron chi connectivity index (χ1n) is 14.6. The van der Waals surface area contributed by atoms with E-state index in [2.05, 4.69) is 81.1 Å². The summed E-state index contributed by atoms with van der Waals surface area (Å²) in [4.78, 5) is 59.1. The Labute approximate surface area is 328 Å². The first-order valence-corrected chi connectivity index (χ1v) is 16.9. The molecule has 4 N–H and O–H groups in total. The molecule has 0 aliphatic carbocycles. The third-order valence-electron chi connectivity index (χ3n) is 6.48. The van der Waals surface area contributed by atoms with Crippen molar-refractivity contribution in [3.05, 3.63) is 36.4 Å². The van der Waals surface area contributed by atoms with Gasteiger partial charge < -0.3 is 40.4 Å². The van der Waals surface area contributed by atoms with Crippen molar-refractivity contribution in [3.63, 3.8) is 0 Å². The van der Waals surface area contributed by atoms with Gasteiger partial charge in [0.15, 0.2) is 0 Å². The van der Waals surface area contributed by atoms with Crippen LogP contribution in [-0.2, 0) is 51.5 Å². The van der Waals surface area contributed by atoms with Crippen LogP contribution in [-0.4, -0.2) is 107 Å². The van der Waals surface area contributed by atoms with E-state index in [0.717, 1.165) is 50.0 Å². The fraction of sp³-hybridized carbons (Fsp3) is 0.643. The molecular formula is C28H45N6NaO6S4Zn. The molecule has 18 heteroatoms. The molecule has 4 atom stereocenters. The first-order chi connectivity index (χ1) is 21.0. The number of hydrogen-bond acceptors (Lipinski definition) is 12. The largest absolute Gasteiger partial charge is 2.00 e. The Balaban J connectivity index is 0. The average molecular weight is 778 g/mol. The van der Waals surface area contributed by atoms with Gasteiger partial charge in [0.05, 0.1) is 48.1 Å². The van der Waals surface area contributed by atoms with Crippen LogP contribution in [0.3, 0.4) is 0 Å². The van der Waals surface area contributed by atoms with E-state index in [1.54, 1.807) is 12.4 Å². The third-order valence-corrected chi connectivity index (χ3v) is 8.03. The molecule has 0 bridgehead atoms. The molecule has 0 aliphatic rings. The number of aliphatic carboxylic acids is 2. The summed E-state index contributed by atoms with van der Waals surface area (Å²) in [6.45, 7) is 0. The number of imidazole rings is 2. The van der Waals surface area contributed by atoms with Crippen LogP contribution in [0.25, 0.3) is 0 Å². The Morgan fingerprint density at radius 1 is 0.696 bits per heavy atom. The Bertz CT molecular complexity index is 1010. The van der Waals surface area contributed by atoms with Crippen LogP contribution >= 0.6 is 50.5 Å². The van der Waals surface area contributed by atoms with Crippen LogP contribution in [0, 0.1) is 0 Å². The second-order valence-corrected chi connectivity index (χ2v) is 12.6. The Morgan fingerprint density at radius 3 is 1.35 bits per heavy atom. The van der Waals surface area contributed by atoms with Crippen LogP contribution in [0.5, 0.6) is 0 Å². The molecule has 0 radical (unpaired) electrons. The summed E-state index contributed by atoms with van der Waals surface area (Å²) in [5.41, 5.74) is 1.14. The van der Waals surface area contributed by atoms with E-state index >= 15 is 0 Å². The van der Waals surface area contributed by atoms with Gasteiger partial charge in [-0.1, -0.05) is 12.8 Å². The number of unbranched alkanes of at least 4 members (excludes halogenated alkanes) is 2. The van der Waals surface area contributed by atoms with Crippen LogP contribution < -0.4 is 20.8 Å². The molecule has 2 unspecified atom stereocenters. The number of carbonyl (C=O) groups excluding carboxylic acids is 4. The number of nitrogens with one attached hydrogen (secondary N) is 4. The SMILES string of the molecule is O=C(CCCCC(S)CCS)N[C@@H](Cc1c[nH]cn1)C(=O)[O-].O=C(CCCCC(S)CCS)N[C@@H](Cc1c[nH]cn1)C(=O)[O-].[NaH].[Zn+2]. The number of nitrogens with zero attached hydrogens (tertiary/aromatic N) is 2. The minimum absolute atomic E-state index is 0. The molecule has 12 nitrogen and oxygen atoms in total. The van der Waals surface area contributed by atoms with Crippen LogP contribution in [0.2, 0.25) is 0 Å². The van der Waals surface area contributed by atoms with Crippen molar-refractivity contribution in [1.29, 1.82) is 0 Å². The number of amides is 2. The van der Waals surface area contributed by atoms with Crippen LogP contribution in [0.15, 0.2) is 25.0 Å². The number of H-pyrrole nitrogens is 2. The minimum Gasteiger partial charge on any atom is 2.00 e. The van der Waals surface area contributed by atoms with Crippen molar-refractivity contribution < 1.29 is 48.9 Å². The number of carbonyl (C=O) groups is 4. The van der Waals surface area contributed by atoms with E-state index in [9.17, 15) is 29.4 Å². The van der Waals surface area contributed by atoms with Gasteiger partial charge in [-0.05, 0) is 50.0 Å². The quantitative estimate of drug-likeness (QED) is 0.0468. The standard InChI is InChI=1S/2C14H23N3O3S2.Na.Zn.H/c2*18-13(4-2-1-3-11(22)5-6-21)17-12(14(19)20)7-10-8-15-9-16-10;;;/h2*8-9,11-12,21-22H,1-7H2,(H,15,16)(H,17,18)(H,19,20);;;/q;;;+2;/p-2/t2*11?,12-;;;/m00.../s1. The molecule has 0 saturated carbocycles. The fourth-order valence-corrected chi connectivity index (χ4v) is 5.71. The number of thiol groups is 4. The summed E-state index contributed by atoms with van der Waals surface area (Å²) in [6.07, 6.45) is 13.8. The van der Waals surface area contributed by atoms with E-state index in [4.69, 9.17) is 0 Å². The summed E-state index contributed by atoms with van der Waals surface area (Å²) >= 11 is 17.1. The van der Waals surface area contributed by atoms with Crippen molar-refractivity contribution >= 4 is 104 Å². The van der Waals surface area contributed by atoms with E-state index in [-0.39, 0.29) is 73.7 Å². The van der Waals surface area contributed by atoms with Gasteiger partial charge >= 0.3 is 49.0 Å². The molecule has 0 saturated heterocycles. The van der Waals surface area contributed by atoms with Gasteiger partial charge in [0.25, 0.3) is 0 Å². The molecule has 0 aliphatic heterocycles. The van der Waals surface area contributed by atoms with Crippen LogP contribution in [0.4, 0.5) is 0 Å². The van der Waals surface area contributed by atoms with E-state index in [1.165, 1.54) is 12.7 Å². The van der Waals surface area contributed by atoms with Crippen molar-refractivity contribution in [2.45, 2.75) is 99.6 Å². The molecule has 0 spiro atoms. The third kappa shape index (κ3) is 23.6. The zero-order chi connectivity index (χ0) is 32.7. The second kappa shape index (κ2) is 29.3. The molecule has 2 amide bonds. The number of hydrogen-bond donors (Lipinski definition) is 8. The van der Waals surface area contributed by atoms with Gasteiger partial charge in [0.1, 0.15) is 0 Å². The molecule has 0 fully saturated rings. The number of aromatic nitrogens is 4. The smallest absolute Gasteiger partial charge is 2.00 e. The molecule has 2 heterocycles. The van der Waals surface area contributed by atoms with Gasteiger partial charge in [-0.2, -0.15) is 50.5 Å². The Hall–Kier alpha value is -0.677. The molecule has 2 rings (SSSR count). The van der Waals surface area contributed by atoms with Gasteiger partial charge in [0.2, 0.25) is 11.8 Å². The molecule has 2 aromatic rings. The Morgan fingerprint density at radius 2 is 1.07 bits per heavy atom. The van der Waals surface area contributed by atoms with Gasteiger partial charge in [-0.15, -0.1) is 0 Å². The van der Waals surface area contributed by atoms with Gasteiger partial charge in [0, 0.05) is 48.6 Å². The normalized spacial score (nSPS) is 13.0. The first kappa shape index (κ1) is 47.4. The van der Waals surface area contributed by atoms with Crippen molar-refractivity contribution in [2.75, 3.05) is 11.5 Å². The van der Waals surface area contributed by atoms with Crippen molar-refractivity contribution in [2.24, 2.45) is 0 Å². The van der Waals surface area contributed by atoms with Gasteiger partial charge in [-0.25, -0.2) is 9.97 Å². The number of aromatic amines is 2. The average Bonchev–Trinajstić information content (AvgIpc) is 3.68. The zero-order valence-electron chi connectivity index (χ0n) is 25.4. The second-order valence-electron chi connectivity index (χ2n) is 10.2. The monoisotopic (exact) mass is 776 g/mol. The summed E-state index contributed by atoms with van der Waals surface area (Å²) < 4.78 is 0. The summed E-state index contributed by atoms with van der Waals surface area (Å²) in [7, 11) is 0. The fourth-order valence-electron chi connectivity index (χ4n) is 4.06. The number of carboxylic acid groups (broad SMARTS) is 2. The topological polar surface area (TPSA) is 196 Å². The number of rotatable bonds is 22. The molecular weight excluding hydrogens is 733 g/mol. The maximum Gasteiger partial charge on any atom is 2.00 e. The predicted molar refractivity (Wildman–Crippen MR) is 185 cm³/mol. The molecule has 2 aromatic heterocycles. The maximum atomic E-state index is 11.8. The summed E-state index contributed by atoms with van der Waals surface area (Å²) in [5.74, 6) is -1.57. The van der Waals surface area contributed by atoms with E-state index < -0.39 is 24.0 Å². The van der Waals surface area contributed by atoms with E-state index in [0.29, 0.717) is 47.6 Å². The van der Waals surface area contributed by atoms with Crippen LogP contribution in [0.1, 0.15) is 75.6 Å². The Kier molecular flexibility index (Phi) is 30.2. The van der Waals surface area contributed by atoms with Crippen molar-refractivity contribution in [1.82, 2.24) is 30.6 Å². The molecule has 0 aromatic carbocycles. The maximum absolute atomic E-state index is 11.8. The zero-order valence-corrected chi connectivity index (χ0v) is 31.9. The molecule has 46 heavy (non-hydrogen) atoms. The summed E-state index contributed by atoms with van der Waals surface area (Å²) in [5, 5.41) is 27.7. The van der Waals surface area contributed by atoms with Gasteiger partial charge in [-0.3, -0.25) is 9.59 Å². The molecule has 250 valence electrons. The van der Waals surface area contributed by atoms with E-state index in [1.807, 2.05) is 0 Å². The predicted octanol–water partition coefficient (Wildman–Crippen LogP) is 0.0802. The summed E-state index contributed by atoms with van der Waals surface area (Å²) in [6, 6.07) is -2.12. The minimum atomic E-state index is -1.31. The van der Waals surface area contributed by atoms with Crippen molar-refractivity contribution in [3.8, 4) is 0 Å².